The van der Waals surface area contributed by atoms with Crippen LogP contribution in [0.5, 0.6) is 5.75 Å². The molecule has 0 N–H and O–H groups in total. The van der Waals surface area contributed by atoms with Gasteiger partial charge in [-0.25, -0.2) is 0 Å². The van der Waals surface area contributed by atoms with Crippen LogP contribution in [0, 0.1) is 0 Å². The van der Waals surface area contributed by atoms with E-state index >= 15 is 0 Å². The Morgan fingerprint density at radius 1 is 1.29 bits per heavy atom. The number of rotatable bonds is 1. The van der Waals surface area contributed by atoms with E-state index in [1.165, 1.54) is 23.5 Å². The third-order valence-electron chi connectivity index (χ3n) is 2.41. The predicted molar refractivity (Wildman–Crippen MR) is 59.4 cm³/mol. The number of aromatic nitrogens is 1. The Bertz CT molecular complexity index is 579. The Labute approximate surface area is 103 Å². The number of thiazole rings is 1. The normalized spacial score (nSPS) is 15.2. The fourth-order valence-corrected chi connectivity index (χ4v) is 4.28. The second-order valence-electron chi connectivity index (χ2n) is 3.55. The summed E-state index contributed by atoms with van der Waals surface area (Å²) in [6.07, 6.45) is -4.63. The minimum Gasteiger partial charge on any atom is -0.406 e. The lowest BCUT2D eigenvalue weighted by atomic mass is 10.3. The summed E-state index contributed by atoms with van der Waals surface area (Å²) < 4.78 is 44.2. The van der Waals surface area contributed by atoms with Gasteiger partial charge in [0.25, 0.3) is 4.34 Å². The molecule has 1 aromatic carbocycles. The van der Waals surface area contributed by atoms with Gasteiger partial charge in [0.05, 0.1) is 5.75 Å². The summed E-state index contributed by atoms with van der Waals surface area (Å²) in [5, 5.41) is 0. The van der Waals surface area contributed by atoms with Gasteiger partial charge in [-0.2, -0.15) is 4.57 Å². The van der Waals surface area contributed by atoms with E-state index in [1.807, 2.05) is 0 Å². The summed E-state index contributed by atoms with van der Waals surface area (Å²) in [7, 11) is 0. The predicted octanol–water partition coefficient (Wildman–Crippen LogP) is 3.19. The fraction of sp³-hybridized carbons (Fsp3) is 0.300. The average Bonchev–Trinajstić information content (AvgIpc) is 2.73. The van der Waals surface area contributed by atoms with E-state index in [9.17, 15) is 13.2 Å². The van der Waals surface area contributed by atoms with Crippen LogP contribution in [0.15, 0.2) is 22.5 Å². The van der Waals surface area contributed by atoms with Gasteiger partial charge in [0.2, 0.25) is 5.52 Å². The third-order valence-corrected chi connectivity index (χ3v) is 4.81. The van der Waals surface area contributed by atoms with Crippen molar-refractivity contribution in [2.45, 2.75) is 17.2 Å². The van der Waals surface area contributed by atoms with Gasteiger partial charge in [-0.05, 0) is 17.8 Å². The topological polar surface area (TPSA) is 13.1 Å². The molecule has 0 bridgehead atoms. The molecule has 0 atom stereocenters. The van der Waals surface area contributed by atoms with Gasteiger partial charge in [-0.15, -0.1) is 13.2 Å². The van der Waals surface area contributed by atoms with Gasteiger partial charge in [0.1, 0.15) is 10.4 Å². The first-order valence-corrected chi connectivity index (χ1v) is 6.68. The Balaban J connectivity index is 2.03. The number of hydrogen-bond acceptors (Lipinski definition) is 3. The zero-order valence-electron chi connectivity index (χ0n) is 8.45. The van der Waals surface area contributed by atoms with E-state index < -0.39 is 6.36 Å². The average molecular weight is 278 g/mol. The first-order chi connectivity index (χ1) is 8.03. The van der Waals surface area contributed by atoms with Crippen molar-refractivity contribution in [3.8, 4) is 5.75 Å². The van der Waals surface area contributed by atoms with Crippen molar-refractivity contribution < 1.29 is 22.5 Å². The van der Waals surface area contributed by atoms with Crippen LogP contribution < -0.4 is 9.30 Å². The molecule has 3 rings (SSSR count). The molecule has 0 unspecified atom stereocenters. The molecule has 2 heterocycles. The Hall–Kier alpha value is -0.950. The van der Waals surface area contributed by atoms with Gasteiger partial charge < -0.3 is 4.74 Å². The molecule has 2 nitrogen and oxygen atoms in total. The van der Waals surface area contributed by atoms with E-state index in [1.54, 1.807) is 17.8 Å². The molecule has 1 aliphatic heterocycles. The van der Waals surface area contributed by atoms with Crippen molar-refractivity contribution in [3.05, 3.63) is 18.2 Å². The highest BCUT2D eigenvalue weighted by Gasteiger charge is 2.32. The SMILES string of the molecule is FC(F)(F)Oc1ccc2c(c1)sc1[n+]2CCS1. The van der Waals surface area contributed by atoms with Crippen molar-refractivity contribution >= 4 is 33.3 Å². The van der Waals surface area contributed by atoms with Crippen LogP contribution in [0.3, 0.4) is 0 Å². The van der Waals surface area contributed by atoms with Crippen LogP contribution >= 0.6 is 23.1 Å². The number of nitrogens with zero attached hydrogens (tertiary/aromatic N) is 1. The molecule has 0 saturated heterocycles. The number of hydrogen-bond donors (Lipinski definition) is 0. The van der Waals surface area contributed by atoms with Crippen LogP contribution in [0.2, 0.25) is 0 Å². The van der Waals surface area contributed by atoms with Crippen molar-refractivity contribution in [2.75, 3.05) is 5.75 Å². The molecule has 0 radical (unpaired) electrons. The molecule has 0 aliphatic carbocycles. The maximum atomic E-state index is 12.1. The number of aryl methyl sites for hydroxylation is 1. The lowest BCUT2D eigenvalue weighted by molar-refractivity contribution is -0.692. The molecule has 0 saturated carbocycles. The summed E-state index contributed by atoms with van der Waals surface area (Å²) in [5.74, 6) is 0.873. The molecule has 7 heteroatoms. The minimum absolute atomic E-state index is 0.157. The molecule has 1 aromatic heterocycles. The van der Waals surface area contributed by atoms with Gasteiger partial charge in [-0.1, -0.05) is 11.3 Å². The van der Waals surface area contributed by atoms with Crippen LogP contribution in [-0.2, 0) is 6.54 Å². The first-order valence-electron chi connectivity index (χ1n) is 4.88. The number of benzene rings is 1. The zero-order chi connectivity index (χ0) is 12.0. The van der Waals surface area contributed by atoms with Crippen molar-refractivity contribution in [2.24, 2.45) is 0 Å². The molecule has 1 aliphatic rings. The summed E-state index contributed by atoms with van der Waals surface area (Å²) in [6, 6.07) is 4.49. The van der Waals surface area contributed by atoms with Crippen LogP contribution in [-0.4, -0.2) is 12.1 Å². The van der Waals surface area contributed by atoms with Crippen LogP contribution in [0.4, 0.5) is 13.2 Å². The second-order valence-corrected chi connectivity index (χ2v) is 5.92. The number of fused-ring (bicyclic) bond motifs is 3. The van der Waals surface area contributed by atoms with Gasteiger partial charge in [0, 0.05) is 12.1 Å². The van der Waals surface area contributed by atoms with E-state index in [2.05, 4.69) is 9.30 Å². The maximum Gasteiger partial charge on any atom is 0.573 e. The summed E-state index contributed by atoms with van der Waals surface area (Å²) >= 11 is 3.24. The highest BCUT2D eigenvalue weighted by molar-refractivity contribution is 8.01. The summed E-state index contributed by atoms with van der Waals surface area (Å²) in [5.41, 5.74) is 0.976. The molecule has 0 spiro atoms. The molecule has 90 valence electrons. The van der Waals surface area contributed by atoms with Crippen LogP contribution in [0.1, 0.15) is 0 Å². The minimum atomic E-state index is -4.63. The quantitative estimate of drug-likeness (QED) is 0.743. The monoisotopic (exact) mass is 278 g/mol. The summed E-state index contributed by atoms with van der Waals surface area (Å²) in [6.45, 7) is 0.916. The molecule has 0 amide bonds. The molecular formula is C10H7F3NOS2+. The largest absolute Gasteiger partial charge is 0.573 e. The Kier molecular flexibility index (Phi) is 2.48. The highest BCUT2D eigenvalue weighted by atomic mass is 32.2. The van der Waals surface area contributed by atoms with Gasteiger partial charge in [0.15, 0.2) is 6.54 Å². The lowest BCUT2D eigenvalue weighted by Gasteiger charge is -2.07. The fourth-order valence-electron chi connectivity index (χ4n) is 1.79. The first kappa shape index (κ1) is 11.2. The van der Waals surface area contributed by atoms with Crippen LogP contribution in [0.25, 0.3) is 10.2 Å². The van der Waals surface area contributed by atoms with E-state index in [0.717, 1.165) is 26.9 Å². The summed E-state index contributed by atoms with van der Waals surface area (Å²) in [4.78, 5) is 0. The van der Waals surface area contributed by atoms with Gasteiger partial charge >= 0.3 is 6.36 Å². The van der Waals surface area contributed by atoms with Crippen molar-refractivity contribution in [1.29, 1.82) is 0 Å². The maximum absolute atomic E-state index is 12.1. The van der Waals surface area contributed by atoms with Gasteiger partial charge in [-0.3, -0.25) is 0 Å². The number of halogens is 3. The Morgan fingerprint density at radius 2 is 2.12 bits per heavy atom. The number of ether oxygens (including phenoxy) is 1. The molecule has 17 heavy (non-hydrogen) atoms. The standard InChI is InChI=1S/C10H7F3NOS2/c11-10(12,13)15-6-1-2-7-8(5-6)17-9-14(7)3-4-16-9/h1-2,5H,3-4H2/q+1. The highest BCUT2D eigenvalue weighted by Crippen LogP contribution is 2.34. The Morgan fingerprint density at radius 3 is 2.88 bits per heavy atom. The lowest BCUT2D eigenvalue weighted by Crippen LogP contribution is -2.30. The van der Waals surface area contributed by atoms with E-state index in [4.69, 9.17) is 0 Å². The van der Waals surface area contributed by atoms with E-state index in [0.29, 0.717) is 0 Å². The number of alkyl halides is 3. The smallest absolute Gasteiger partial charge is 0.406 e. The van der Waals surface area contributed by atoms with Crippen molar-refractivity contribution in [1.82, 2.24) is 0 Å². The van der Waals surface area contributed by atoms with E-state index in [-0.39, 0.29) is 5.75 Å². The second kappa shape index (κ2) is 3.78. The number of thioether (sulfide) groups is 1. The molecule has 0 fully saturated rings. The zero-order valence-corrected chi connectivity index (χ0v) is 10.1. The third kappa shape index (κ3) is 2.09. The van der Waals surface area contributed by atoms with Crippen molar-refractivity contribution in [3.63, 3.8) is 0 Å². The molecular weight excluding hydrogens is 271 g/mol. The molecule has 2 aromatic rings.